The zero-order valence-electron chi connectivity index (χ0n) is 4.46. The molecule has 0 aliphatic heterocycles. The van der Waals surface area contributed by atoms with Gasteiger partial charge in [0.2, 0.25) is 0 Å². The van der Waals surface area contributed by atoms with Gasteiger partial charge in [0.15, 0.2) is 0 Å². The summed E-state index contributed by atoms with van der Waals surface area (Å²) in [7, 11) is 0. The van der Waals surface area contributed by atoms with Crippen LogP contribution in [0.2, 0.25) is 0 Å². The molecule has 0 aromatic rings. The monoisotopic (exact) mass is 118 g/mol. The second-order valence-corrected chi connectivity index (χ2v) is 1.30. The first kappa shape index (κ1) is 7.26. The molecule has 0 aromatic heterocycles. The average molecular weight is 118 g/mol. The molecule has 0 heterocycles. The lowest BCUT2D eigenvalue weighted by Gasteiger charge is -1.96. The van der Waals surface area contributed by atoms with Crippen LogP contribution in [0.25, 0.3) is 0 Å². The van der Waals surface area contributed by atoms with Crippen molar-refractivity contribution in [2.45, 2.75) is 0 Å². The minimum Gasteiger partial charge on any atom is -0.507 e. The summed E-state index contributed by atoms with van der Waals surface area (Å²) < 4.78 is 0. The molecule has 0 aliphatic rings. The molecular formula is C4H10N2O2. The first-order chi connectivity index (χ1) is 3.72. The molecule has 0 saturated heterocycles. The Morgan fingerprint density at radius 1 is 1.00 bits per heavy atom. The van der Waals surface area contributed by atoms with Gasteiger partial charge in [0.05, 0.1) is 13.1 Å². The molecule has 0 radical (unpaired) electrons. The Labute approximate surface area is 47.4 Å². The summed E-state index contributed by atoms with van der Waals surface area (Å²) in [4.78, 5) is 0. The minimum atomic E-state index is -0.243. The van der Waals surface area contributed by atoms with E-state index in [0.29, 0.717) is 0 Å². The van der Waals surface area contributed by atoms with E-state index in [4.69, 9.17) is 21.7 Å². The summed E-state index contributed by atoms with van der Waals surface area (Å²) >= 11 is 0. The van der Waals surface area contributed by atoms with Crippen molar-refractivity contribution in [2.75, 3.05) is 13.1 Å². The van der Waals surface area contributed by atoms with Crippen molar-refractivity contribution in [3.8, 4) is 0 Å². The van der Waals surface area contributed by atoms with Crippen LogP contribution in [0, 0.1) is 0 Å². The topological polar surface area (TPSA) is 92.5 Å². The molecule has 0 spiro atoms. The van der Waals surface area contributed by atoms with E-state index in [0.717, 1.165) is 0 Å². The summed E-state index contributed by atoms with van der Waals surface area (Å²) in [6.07, 6.45) is 0. The van der Waals surface area contributed by atoms with Gasteiger partial charge in [-0.15, -0.1) is 0 Å². The summed E-state index contributed by atoms with van der Waals surface area (Å²) in [5, 5.41) is 17.1. The lowest BCUT2D eigenvalue weighted by molar-refractivity contribution is 0.316. The maximum atomic E-state index is 8.55. The molecule has 6 N–H and O–H groups in total. The molecule has 48 valence electrons. The molecule has 4 nitrogen and oxygen atoms in total. The van der Waals surface area contributed by atoms with Crippen LogP contribution >= 0.6 is 0 Å². The Morgan fingerprint density at radius 3 is 1.38 bits per heavy atom. The Bertz CT molecular complexity index is 88.2. The highest BCUT2D eigenvalue weighted by atomic mass is 16.3. The molecule has 0 aromatic carbocycles. The fraction of sp³-hybridized carbons (Fsp3) is 0.500. The van der Waals surface area contributed by atoms with Crippen molar-refractivity contribution < 1.29 is 10.2 Å². The van der Waals surface area contributed by atoms with E-state index in [9.17, 15) is 0 Å². The highest BCUT2D eigenvalue weighted by Crippen LogP contribution is 1.89. The number of rotatable bonds is 2. The number of aliphatic hydroxyl groups excluding tert-OH is 2. The number of nitrogens with two attached hydrogens (primary N) is 2. The first-order valence-corrected chi connectivity index (χ1v) is 2.22. The Balaban J connectivity index is 3.83. The lowest BCUT2D eigenvalue weighted by atomic mass is 10.4. The Kier molecular flexibility index (Phi) is 2.98. The molecule has 0 unspecified atom stereocenters. The van der Waals surface area contributed by atoms with Crippen LogP contribution in [0.5, 0.6) is 0 Å². The van der Waals surface area contributed by atoms with Gasteiger partial charge < -0.3 is 21.7 Å². The predicted octanol–water partition coefficient (Wildman–Crippen LogP) is -0.769. The normalized spacial score (nSPS) is 13.2. The summed E-state index contributed by atoms with van der Waals surface area (Å²) in [5.74, 6) is -0.486. The van der Waals surface area contributed by atoms with Crippen molar-refractivity contribution >= 4 is 0 Å². The highest BCUT2D eigenvalue weighted by Gasteiger charge is 1.95. The van der Waals surface area contributed by atoms with Crippen molar-refractivity contribution in [3.05, 3.63) is 11.5 Å². The third-order valence-electron chi connectivity index (χ3n) is 0.720. The van der Waals surface area contributed by atoms with Crippen molar-refractivity contribution in [1.29, 1.82) is 0 Å². The second-order valence-electron chi connectivity index (χ2n) is 1.30. The average Bonchev–Trinajstić information content (AvgIpc) is 1.84. The molecule has 0 aliphatic carbocycles. The summed E-state index contributed by atoms with van der Waals surface area (Å²) in [5.41, 5.74) is 9.85. The molecular weight excluding hydrogens is 108 g/mol. The third kappa shape index (κ3) is 1.81. The van der Waals surface area contributed by atoms with E-state index in [1.54, 1.807) is 0 Å². The van der Waals surface area contributed by atoms with Gasteiger partial charge in [-0.3, -0.25) is 0 Å². The third-order valence-corrected chi connectivity index (χ3v) is 0.720. The lowest BCUT2D eigenvalue weighted by Crippen LogP contribution is -2.11. The second kappa shape index (κ2) is 3.29. The van der Waals surface area contributed by atoms with Crippen LogP contribution in [0.3, 0.4) is 0 Å². The molecule has 0 bridgehead atoms. The van der Waals surface area contributed by atoms with E-state index >= 15 is 0 Å². The Hall–Kier alpha value is -0.740. The molecule has 0 atom stereocenters. The van der Waals surface area contributed by atoms with E-state index in [1.165, 1.54) is 0 Å². The fourth-order valence-electron chi connectivity index (χ4n) is 0.236. The molecule has 0 amide bonds. The smallest absolute Gasteiger partial charge is 0.144 e. The van der Waals surface area contributed by atoms with Gasteiger partial charge in [-0.2, -0.15) is 0 Å². The van der Waals surface area contributed by atoms with Crippen LogP contribution < -0.4 is 11.5 Å². The van der Waals surface area contributed by atoms with Crippen LogP contribution in [-0.4, -0.2) is 23.3 Å². The summed E-state index contributed by atoms with van der Waals surface area (Å²) in [6, 6.07) is 0. The van der Waals surface area contributed by atoms with Crippen LogP contribution in [0.1, 0.15) is 0 Å². The van der Waals surface area contributed by atoms with Crippen LogP contribution in [0.4, 0.5) is 0 Å². The van der Waals surface area contributed by atoms with Gasteiger partial charge in [0.25, 0.3) is 0 Å². The molecule has 4 heteroatoms. The Morgan fingerprint density at radius 2 is 1.25 bits per heavy atom. The molecule has 0 fully saturated rings. The van der Waals surface area contributed by atoms with Crippen molar-refractivity contribution in [1.82, 2.24) is 0 Å². The van der Waals surface area contributed by atoms with Crippen molar-refractivity contribution in [2.24, 2.45) is 11.5 Å². The number of hydrogen-bond acceptors (Lipinski definition) is 4. The zero-order chi connectivity index (χ0) is 6.57. The van der Waals surface area contributed by atoms with Crippen LogP contribution in [-0.2, 0) is 0 Å². The minimum absolute atomic E-state index is 0.0664. The van der Waals surface area contributed by atoms with E-state index in [1.807, 2.05) is 0 Å². The van der Waals surface area contributed by atoms with Gasteiger partial charge in [-0.05, 0) is 0 Å². The fourth-order valence-corrected chi connectivity index (χ4v) is 0.236. The highest BCUT2D eigenvalue weighted by molar-refractivity contribution is 5.00. The molecule has 0 rings (SSSR count). The molecule has 8 heavy (non-hydrogen) atoms. The van der Waals surface area contributed by atoms with E-state index in [-0.39, 0.29) is 24.6 Å². The standard InChI is InChI=1S/C4H10N2O2/c5-1-3(7)4(8)2-6/h7-8H,1-2,5-6H2/b4-3-. The van der Waals surface area contributed by atoms with E-state index in [2.05, 4.69) is 0 Å². The quantitative estimate of drug-likeness (QED) is 0.358. The number of hydrogen-bond donors (Lipinski definition) is 4. The van der Waals surface area contributed by atoms with Crippen molar-refractivity contribution in [3.63, 3.8) is 0 Å². The van der Waals surface area contributed by atoms with Gasteiger partial charge in [-0.1, -0.05) is 0 Å². The maximum Gasteiger partial charge on any atom is 0.144 e. The van der Waals surface area contributed by atoms with E-state index < -0.39 is 0 Å². The number of aliphatic hydroxyl groups is 2. The maximum absolute atomic E-state index is 8.55. The largest absolute Gasteiger partial charge is 0.507 e. The predicted molar refractivity (Wildman–Crippen MR) is 30.4 cm³/mol. The van der Waals surface area contributed by atoms with Gasteiger partial charge in [-0.25, -0.2) is 0 Å². The zero-order valence-corrected chi connectivity index (χ0v) is 4.46. The van der Waals surface area contributed by atoms with Gasteiger partial charge >= 0.3 is 0 Å². The summed E-state index contributed by atoms with van der Waals surface area (Å²) in [6.45, 7) is -0.133. The SMILES string of the molecule is NC/C(O)=C(/O)CN. The first-order valence-electron chi connectivity index (χ1n) is 2.22. The van der Waals surface area contributed by atoms with Gasteiger partial charge in [0.1, 0.15) is 11.5 Å². The van der Waals surface area contributed by atoms with Gasteiger partial charge in [0, 0.05) is 0 Å². The van der Waals surface area contributed by atoms with Crippen LogP contribution in [0.15, 0.2) is 11.5 Å². The molecule has 0 saturated carbocycles.